The van der Waals surface area contributed by atoms with Crippen LogP contribution in [0.5, 0.6) is 5.75 Å². The van der Waals surface area contributed by atoms with Gasteiger partial charge in [-0.05, 0) is 49.4 Å². The molecule has 0 spiro atoms. The zero-order valence-electron chi connectivity index (χ0n) is 17.2. The first-order chi connectivity index (χ1) is 14.3. The highest BCUT2D eigenvalue weighted by atomic mass is 16.5. The maximum Gasteiger partial charge on any atom is 0.227 e. The molecule has 0 bridgehead atoms. The predicted molar refractivity (Wildman–Crippen MR) is 116 cm³/mol. The quantitative estimate of drug-likeness (QED) is 0.668. The van der Waals surface area contributed by atoms with Crippen LogP contribution in [0.1, 0.15) is 31.2 Å². The van der Waals surface area contributed by atoms with Gasteiger partial charge in [-0.2, -0.15) is 0 Å². The van der Waals surface area contributed by atoms with Gasteiger partial charge in [-0.3, -0.25) is 9.69 Å². The summed E-state index contributed by atoms with van der Waals surface area (Å²) in [5.41, 5.74) is 1.11. The molecule has 4 rings (SSSR count). The number of hydrogen-bond donors (Lipinski definition) is 0. The summed E-state index contributed by atoms with van der Waals surface area (Å²) in [6.07, 6.45) is 5.33. The van der Waals surface area contributed by atoms with E-state index in [1.165, 1.54) is 19.3 Å². The summed E-state index contributed by atoms with van der Waals surface area (Å²) in [5.74, 6) is 1.84. The zero-order chi connectivity index (χ0) is 19.9. The summed E-state index contributed by atoms with van der Waals surface area (Å²) in [7, 11) is 0. The maximum absolute atomic E-state index is 12.9. The van der Waals surface area contributed by atoms with Gasteiger partial charge in [-0.15, -0.1) is 0 Å². The highest BCUT2D eigenvalue weighted by Gasteiger charge is 2.39. The van der Waals surface area contributed by atoms with E-state index in [0.29, 0.717) is 18.4 Å². The standard InChI is InChI=1S/C25H32N2O2/c28-25(18-21-10-3-1-4-11-21)27-19-22-12-7-8-15-26(24(22)20-27)16-9-17-29-23-13-5-2-6-14-23/h1-6,10-11,13-14,22,24H,7-9,12,15-20H2/t22-,24+/m0/s1. The number of hydrogen-bond acceptors (Lipinski definition) is 3. The van der Waals surface area contributed by atoms with Crippen molar-refractivity contribution >= 4 is 5.91 Å². The topological polar surface area (TPSA) is 32.8 Å². The molecule has 2 heterocycles. The number of nitrogens with zero attached hydrogens (tertiary/aromatic N) is 2. The molecule has 0 aliphatic carbocycles. The maximum atomic E-state index is 12.9. The minimum absolute atomic E-state index is 0.275. The van der Waals surface area contributed by atoms with Crippen LogP contribution in [0.3, 0.4) is 0 Å². The average Bonchev–Trinajstić information content (AvgIpc) is 3.09. The molecular weight excluding hydrogens is 360 g/mol. The van der Waals surface area contributed by atoms with Gasteiger partial charge < -0.3 is 9.64 Å². The van der Waals surface area contributed by atoms with Crippen LogP contribution in [-0.4, -0.2) is 54.5 Å². The van der Waals surface area contributed by atoms with Gasteiger partial charge in [0, 0.05) is 25.7 Å². The lowest BCUT2D eigenvalue weighted by Gasteiger charge is -2.30. The van der Waals surface area contributed by atoms with Crippen LogP contribution in [-0.2, 0) is 11.2 Å². The summed E-state index contributed by atoms with van der Waals surface area (Å²) in [6, 6.07) is 20.7. The van der Waals surface area contributed by atoms with Gasteiger partial charge in [0.05, 0.1) is 13.0 Å². The van der Waals surface area contributed by atoms with E-state index in [-0.39, 0.29) is 5.91 Å². The summed E-state index contributed by atoms with van der Waals surface area (Å²) in [5, 5.41) is 0. The largest absolute Gasteiger partial charge is 0.494 e. The van der Waals surface area contributed by atoms with E-state index in [4.69, 9.17) is 4.74 Å². The van der Waals surface area contributed by atoms with Crippen LogP contribution in [0.2, 0.25) is 0 Å². The van der Waals surface area contributed by atoms with Crippen molar-refractivity contribution < 1.29 is 9.53 Å². The molecule has 0 unspecified atom stereocenters. The third kappa shape index (κ3) is 5.39. The fourth-order valence-electron chi connectivity index (χ4n) is 4.78. The molecule has 2 aliphatic rings. The van der Waals surface area contributed by atoms with E-state index in [1.54, 1.807) is 0 Å². The molecule has 2 aromatic carbocycles. The fourth-order valence-corrected chi connectivity index (χ4v) is 4.78. The first-order valence-corrected chi connectivity index (χ1v) is 11.0. The molecule has 0 aromatic heterocycles. The predicted octanol–water partition coefficient (Wildman–Crippen LogP) is 4.01. The second kappa shape index (κ2) is 9.93. The minimum Gasteiger partial charge on any atom is -0.494 e. The molecule has 0 radical (unpaired) electrons. The Labute approximate surface area is 174 Å². The van der Waals surface area contributed by atoms with Crippen LogP contribution < -0.4 is 4.74 Å². The summed E-state index contributed by atoms with van der Waals surface area (Å²) >= 11 is 0. The van der Waals surface area contributed by atoms with E-state index < -0.39 is 0 Å². The fraction of sp³-hybridized carbons (Fsp3) is 0.480. The summed E-state index contributed by atoms with van der Waals surface area (Å²) < 4.78 is 5.87. The number of carbonyl (C=O) groups is 1. The second-order valence-electron chi connectivity index (χ2n) is 8.34. The Morgan fingerprint density at radius 3 is 2.52 bits per heavy atom. The number of para-hydroxylation sites is 1. The molecular formula is C25H32N2O2. The summed E-state index contributed by atoms with van der Waals surface area (Å²) in [4.78, 5) is 17.6. The number of amides is 1. The number of ether oxygens (including phenoxy) is 1. The third-order valence-corrected chi connectivity index (χ3v) is 6.30. The van der Waals surface area contributed by atoms with Gasteiger partial charge in [0.2, 0.25) is 5.91 Å². The molecule has 2 aliphatic heterocycles. The second-order valence-corrected chi connectivity index (χ2v) is 8.34. The smallest absolute Gasteiger partial charge is 0.227 e. The van der Waals surface area contributed by atoms with Crippen molar-refractivity contribution in [3.05, 3.63) is 66.2 Å². The molecule has 2 saturated heterocycles. The molecule has 4 heteroatoms. The zero-order valence-corrected chi connectivity index (χ0v) is 17.2. The molecule has 0 N–H and O–H groups in total. The third-order valence-electron chi connectivity index (χ3n) is 6.30. The van der Waals surface area contributed by atoms with Crippen molar-refractivity contribution in [1.82, 2.24) is 9.80 Å². The van der Waals surface area contributed by atoms with E-state index in [2.05, 4.69) is 9.80 Å². The van der Waals surface area contributed by atoms with Crippen LogP contribution in [0, 0.1) is 5.92 Å². The lowest BCUT2D eigenvalue weighted by molar-refractivity contribution is -0.129. The lowest BCUT2D eigenvalue weighted by Crippen LogP contribution is -2.42. The first kappa shape index (κ1) is 20.0. The van der Waals surface area contributed by atoms with Crippen LogP contribution in [0.25, 0.3) is 0 Å². The number of benzene rings is 2. The van der Waals surface area contributed by atoms with Gasteiger partial charge in [-0.25, -0.2) is 0 Å². The Balaban J connectivity index is 1.29. The van der Waals surface area contributed by atoms with Crippen molar-refractivity contribution in [1.29, 1.82) is 0 Å². The van der Waals surface area contributed by atoms with Crippen molar-refractivity contribution in [3.63, 3.8) is 0 Å². The van der Waals surface area contributed by atoms with Gasteiger partial charge in [-0.1, -0.05) is 55.0 Å². The molecule has 4 nitrogen and oxygen atoms in total. The number of fused-ring (bicyclic) bond motifs is 1. The molecule has 2 atom stereocenters. The number of carbonyl (C=O) groups excluding carboxylic acids is 1. The van der Waals surface area contributed by atoms with E-state index in [1.807, 2.05) is 60.7 Å². The van der Waals surface area contributed by atoms with Crippen molar-refractivity contribution in [2.45, 2.75) is 38.1 Å². The molecule has 1 amide bonds. The van der Waals surface area contributed by atoms with Crippen LogP contribution >= 0.6 is 0 Å². The molecule has 2 aromatic rings. The Morgan fingerprint density at radius 2 is 1.72 bits per heavy atom. The highest BCUT2D eigenvalue weighted by molar-refractivity contribution is 5.79. The van der Waals surface area contributed by atoms with Gasteiger partial charge in [0.25, 0.3) is 0 Å². The highest BCUT2D eigenvalue weighted by Crippen LogP contribution is 2.30. The van der Waals surface area contributed by atoms with E-state index >= 15 is 0 Å². The Kier molecular flexibility index (Phi) is 6.83. The minimum atomic E-state index is 0.275. The molecule has 2 fully saturated rings. The van der Waals surface area contributed by atoms with Crippen LogP contribution in [0.4, 0.5) is 0 Å². The average molecular weight is 393 g/mol. The van der Waals surface area contributed by atoms with Crippen LogP contribution in [0.15, 0.2) is 60.7 Å². The Morgan fingerprint density at radius 1 is 0.966 bits per heavy atom. The molecule has 29 heavy (non-hydrogen) atoms. The lowest BCUT2D eigenvalue weighted by atomic mass is 9.98. The molecule has 0 saturated carbocycles. The monoisotopic (exact) mass is 392 g/mol. The SMILES string of the molecule is O=C(Cc1ccccc1)N1C[C@@H]2CCCCN(CCCOc3ccccc3)[C@@H]2C1. The normalized spacial score (nSPS) is 22.1. The number of likely N-dealkylation sites (tertiary alicyclic amines) is 2. The Hall–Kier alpha value is -2.33. The first-order valence-electron chi connectivity index (χ1n) is 11.0. The molecule has 154 valence electrons. The van der Waals surface area contributed by atoms with E-state index in [0.717, 1.165) is 50.5 Å². The Bertz CT molecular complexity index is 765. The van der Waals surface area contributed by atoms with Crippen molar-refractivity contribution in [3.8, 4) is 5.75 Å². The summed E-state index contributed by atoms with van der Waals surface area (Å²) in [6.45, 7) is 4.75. The van der Waals surface area contributed by atoms with E-state index in [9.17, 15) is 4.79 Å². The van der Waals surface area contributed by atoms with Gasteiger partial charge >= 0.3 is 0 Å². The van der Waals surface area contributed by atoms with Gasteiger partial charge in [0.1, 0.15) is 5.75 Å². The number of rotatable bonds is 7. The van der Waals surface area contributed by atoms with Gasteiger partial charge in [0.15, 0.2) is 0 Å². The van der Waals surface area contributed by atoms with Crippen molar-refractivity contribution in [2.24, 2.45) is 5.92 Å². The van der Waals surface area contributed by atoms with Crippen molar-refractivity contribution in [2.75, 3.05) is 32.8 Å².